The SMILES string of the molecule is COc1ccc(Cl)cc1-c1ccco1. The average Bonchev–Trinajstić information content (AvgIpc) is 2.70. The maximum absolute atomic E-state index is 5.89. The molecule has 1 aromatic carbocycles. The van der Waals surface area contributed by atoms with E-state index in [0.717, 1.165) is 17.1 Å². The summed E-state index contributed by atoms with van der Waals surface area (Å²) in [7, 11) is 1.62. The van der Waals surface area contributed by atoms with Crippen LogP contribution in [0.5, 0.6) is 5.75 Å². The van der Waals surface area contributed by atoms with E-state index in [1.54, 1.807) is 19.4 Å². The predicted octanol–water partition coefficient (Wildman–Crippen LogP) is 3.61. The molecule has 0 aliphatic carbocycles. The number of hydrogen-bond acceptors (Lipinski definition) is 2. The van der Waals surface area contributed by atoms with Crippen LogP contribution in [0.1, 0.15) is 0 Å². The molecule has 0 amide bonds. The Hall–Kier alpha value is -1.41. The number of hydrogen-bond donors (Lipinski definition) is 0. The molecule has 14 heavy (non-hydrogen) atoms. The molecule has 1 aromatic heterocycles. The van der Waals surface area contributed by atoms with Crippen LogP contribution in [0.2, 0.25) is 5.02 Å². The Morgan fingerprint density at radius 2 is 2.14 bits per heavy atom. The standard InChI is InChI=1S/C11H9ClO2/c1-13-10-5-4-8(12)7-9(10)11-3-2-6-14-11/h2-7H,1H3. The van der Waals surface area contributed by atoms with E-state index in [1.165, 1.54) is 0 Å². The van der Waals surface area contributed by atoms with Gasteiger partial charge in [-0.15, -0.1) is 0 Å². The number of methoxy groups -OCH3 is 1. The van der Waals surface area contributed by atoms with E-state index in [1.807, 2.05) is 24.3 Å². The fourth-order valence-electron chi connectivity index (χ4n) is 1.30. The van der Waals surface area contributed by atoms with E-state index < -0.39 is 0 Å². The number of ether oxygens (including phenoxy) is 1. The molecule has 0 aliphatic heterocycles. The number of halogens is 1. The highest BCUT2D eigenvalue weighted by molar-refractivity contribution is 6.30. The number of benzene rings is 1. The van der Waals surface area contributed by atoms with E-state index >= 15 is 0 Å². The summed E-state index contributed by atoms with van der Waals surface area (Å²) < 4.78 is 10.5. The zero-order chi connectivity index (χ0) is 9.97. The molecule has 2 nitrogen and oxygen atoms in total. The monoisotopic (exact) mass is 208 g/mol. The van der Waals surface area contributed by atoms with Gasteiger partial charge in [-0.3, -0.25) is 0 Å². The van der Waals surface area contributed by atoms with Crippen molar-refractivity contribution < 1.29 is 9.15 Å². The summed E-state index contributed by atoms with van der Waals surface area (Å²) >= 11 is 5.89. The molecular weight excluding hydrogens is 200 g/mol. The smallest absolute Gasteiger partial charge is 0.137 e. The van der Waals surface area contributed by atoms with Gasteiger partial charge in [-0.05, 0) is 30.3 Å². The Balaban J connectivity index is 2.55. The molecule has 0 N–H and O–H groups in total. The average molecular weight is 209 g/mol. The Kier molecular flexibility index (Phi) is 2.46. The van der Waals surface area contributed by atoms with Gasteiger partial charge < -0.3 is 9.15 Å². The van der Waals surface area contributed by atoms with Crippen molar-refractivity contribution in [3.05, 3.63) is 41.6 Å². The molecular formula is C11H9ClO2. The summed E-state index contributed by atoms with van der Waals surface area (Å²) in [6.45, 7) is 0. The zero-order valence-corrected chi connectivity index (χ0v) is 8.41. The molecule has 0 saturated carbocycles. The molecule has 0 aliphatic rings. The highest BCUT2D eigenvalue weighted by Crippen LogP contribution is 2.32. The quantitative estimate of drug-likeness (QED) is 0.752. The van der Waals surface area contributed by atoms with Gasteiger partial charge in [-0.25, -0.2) is 0 Å². The van der Waals surface area contributed by atoms with Crippen LogP contribution in [0.15, 0.2) is 41.0 Å². The molecule has 0 atom stereocenters. The Morgan fingerprint density at radius 1 is 1.29 bits per heavy atom. The van der Waals surface area contributed by atoms with Gasteiger partial charge in [-0.1, -0.05) is 11.6 Å². The number of rotatable bonds is 2. The fraction of sp³-hybridized carbons (Fsp3) is 0.0909. The maximum Gasteiger partial charge on any atom is 0.137 e. The van der Waals surface area contributed by atoms with E-state index in [2.05, 4.69) is 0 Å². The minimum atomic E-state index is 0.664. The first-order valence-corrected chi connectivity index (χ1v) is 4.56. The Labute approximate surface area is 87.1 Å². The topological polar surface area (TPSA) is 22.4 Å². The normalized spacial score (nSPS) is 10.1. The predicted molar refractivity (Wildman–Crippen MR) is 55.7 cm³/mol. The fourth-order valence-corrected chi connectivity index (χ4v) is 1.48. The Bertz CT molecular complexity index is 421. The molecule has 0 fully saturated rings. The lowest BCUT2D eigenvalue weighted by atomic mass is 10.1. The van der Waals surface area contributed by atoms with Crippen molar-refractivity contribution in [2.75, 3.05) is 7.11 Å². The molecule has 0 saturated heterocycles. The second-order valence-corrected chi connectivity index (χ2v) is 3.26. The molecule has 0 bridgehead atoms. The molecule has 2 aromatic rings. The van der Waals surface area contributed by atoms with Gasteiger partial charge in [0.05, 0.1) is 18.9 Å². The first-order chi connectivity index (χ1) is 6.81. The summed E-state index contributed by atoms with van der Waals surface area (Å²) in [5.41, 5.74) is 0.866. The molecule has 0 unspecified atom stereocenters. The largest absolute Gasteiger partial charge is 0.496 e. The first kappa shape index (κ1) is 9.16. The third-order valence-electron chi connectivity index (χ3n) is 1.95. The minimum absolute atomic E-state index is 0.664. The van der Waals surface area contributed by atoms with Crippen LogP contribution in [-0.2, 0) is 0 Å². The van der Waals surface area contributed by atoms with E-state index in [-0.39, 0.29) is 0 Å². The molecule has 72 valence electrons. The Morgan fingerprint density at radius 3 is 2.79 bits per heavy atom. The van der Waals surface area contributed by atoms with Crippen LogP contribution < -0.4 is 4.74 Å². The highest BCUT2D eigenvalue weighted by Gasteiger charge is 2.08. The molecule has 0 spiro atoms. The van der Waals surface area contributed by atoms with Gasteiger partial charge in [-0.2, -0.15) is 0 Å². The van der Waals surface area contributed by atoms with E-state index in [0.29, 0.717) is 5.02 Å². The van der Waals surface area contributed by atoms with Crippen molar-refractivity contribution in [1.82, 2.24) is 0 Å². The van der Waals surface area contributed by atoms with Crippen LogP contribution >= 0.6 is 11.6 Å². The maximum atomic E-state index is 5.89. The third kappa shape index (κ3) is 1.61. The first-order valence-electron chi connectivity index (χ1n) is 4.18. The second kappa shape index (κ2) is 3.76. The molecule has 2 rings (SSSR count). The van der Waals surface area contributed by atoms with Gasteiger partial charge in [0, 0.05) is 5.02 Å². The lowest BCUT2D eigenvalue weighted by Crippen LogP contribution is -1.86. The van der Waals surface area contributed by atoms with Crippen LogP contribution in [0.4, 0.5) is 0 Å². The van der Waals surface area contributed by atoms with Crippen molar-refractivity contribution >= 4 is 11.6 Å². The van der Waals surface area contributed by atoms with Gasteiger partial charge in [0.1, 0.15) is 11.5 Å². The van der Waals surface area contributed by atoms with Crippen molar-refractivity contribution in [3.8, 4) is 17.1 Å². The van der Waals surface area contributed by atoms with Crippen molar-refractivity contribution in [2.24, 2.45) is 0 Å². The van der Waals surface area contributed by atoms with Crippen LogP contribution in [0.25, 0.3) is 11.3 Å². The van der Waals surface area contributed by atoms with Crippen LogP contribution in [0, 0.1) is 0 Å². The summed E-state index contributed by atoms with van der Waals surface area (Å²) in [5, 5.41) is 0.664. The summed E-state index contributed by atoms with van der Waals surface area (Å²) in [6.07, 6.45) is 1.62. The lowest BCUT2D eigenvalue weighted by molar-refractivity contribution is 0.414. The molecule has 1 heterocycles. The lowest BCUT2D eigenvalue weighted by Gasteiger charge is -2.05. The highest BCUT2D eigenvalue weighted by atomic mass is 35.5. The zero-order valence-electron chi connectivity index (χ0n) is 7.66. The van der Waals surface area contributed by atoms with Crippen molar-refractivity contribution in [3.63, 3.8) is 0 Å². The van der Waals surface area contributed by atoms with Crippen molar-refractivity contribution in [1.29, 1.82) is 0 Å². The van der Waals surface area contributed by atoms with E-state index in [4.69, 9.17) is 20.8 Å². The summed E-state index contributed by atoms with van der Waals surface area (Å²) in [6, 6.07) is 9.12. The van der Waals surface area contributed by atoms with Crippen LogP contribution in [0.3, 0.4) is 0 Å². The van der Waals surface area contributed by atoms with Crippen molar-refractivity contribution in [2.45, 2.75) is 0 Å². The third-order valence-corrected chi connectivity index (χ3v) is 2.18. The van der Waals surface area contributed by atoms with Gasteiger partial charge in [0.25, 0.3) is 0 Å². The summed E-state index contributed by atoms with van der Waals surface area (Å²) in [4.78, 5) is 0. The van der Waals surface area contributed by atoms with Crippen LogP contribution in [-0.4, -0.2) is 7.11 Å². The number of furan rings is 1. The molecule has 3 heteroatoms. The summed E-state index contributed by atoms with van der Waals surface area (Å²) in [5.74, 6) is 1.51. The second-order valence-electron chi connectivity index (χ2n) is 2.82. The van der Waals surface area contributed by atoms with E-state index in [9.17, 15) is 0 Å². The molecule has 0 radical (unpaired) electrons. The minimum Gasteiger partial charge on any atom is -0.496 e. The van der Waals surface area contributed by atoms with Gasteiger partial charge >= 0.3 is 0 Å². The van der Waals surface area contributed by atoms with Gasteiger partial charge in [0.15, 0.2) is 0 Å². The van der Waals surface area contributed by atoms with Gasteiger partial charge in [0.2, 0.25) is 0 Å².